The molecular formula is C12H16N2O3. The van der Waals surface area contributed by atoms with Crippen LogP contribution in [0.1, 0.15) is 31.1 Å². The number of ketones is 1. The third-order valence-electron chi connectivity index (χ3n) is 2.34. The molecule has 92 valence electrons. The first-order valence-corrected chi connectivity index (χ1v) is 5.26. The first kappa shape index (κ1) is 13.2. The average Bonchev–Trinajstić information content (AvgIpc) is 2.24. The number of carboxylic acid groups (broad SMARTS) is 1. The Morgan fingerprint density at radius 1 is 1.29 bits per heavy atom. The molecule has 1 aromatic rings. The molecule has 0 spiro atoms. The summed E-state index contributed by atoms with van der Waals surface area (Å²) in [4.78, 5) is 27.9. The van der Waals surface area contributed by atoms with Gasteiger partial charge in [-0.1, -0.05) is 0 Å². The van der Waals surface area contributed by atoms with Gasteiger partial charge in [-0.2, -0.15) is 0 Å². The number of amides is 1. The maximum atomic E-state index is 11.9. The van der Waals surface area contributed by atoms with Gasteiger partial charge < -0.3 is 5.11 Å². The number of rotatable bonds is 3. The van der Waals surface area contributed by atoms with Crippen LogP contribution in [0.2, 0.25) is 0 Å². The zero-order valence-electron chi connectivity index (χ0n) is 10.2. The van der Waals surface area contributed by atoms with Gasteiger partial charge in [0.15, 0.2) is 5.78 Å². The highest BCUT2D eigenvalue weighted by molar-refractivity contribution is 5.98. The molecule has 1 rings (SSSR count). The SMILES string of the molecule is CC(C)(C)N(CC(=O)c1ccncc1)C(=O)O. The highest BCUT2D eigenvalue weighted by Crippen LogP contribution is 2.14. The van der Waals surface area contributed by atoms with Crippen molar-refractivity contribution in [3.63, 3.8) is 0 Å². The van der Waals surface area contributed by atoms with Crippen molar-refractivity contribution in [2.24, 2.45) is 0 Å². The first-order chi connectivity index (χ1) is 7.82. The number of hydrogen-bond acceptors (Lipinski definition) is 3. The van der Waals surface area contributed by atoms with Crippen molar-refractivity contribution >= 4 is 11.9 Å². The monoisotopic (exact) mass is 236 g/mol. The van der Waals surface area contributed by atoms with E-state index in [1.165, 1.54) is 12.4 Å². The van der Waals surface area contributed by atoms with E-state index in [2.05, 4.69) is 4.98 Å². The molecule has 0 bridgehead atoms. The summed E-state index contributed by atoms with van der Waals surface area (Å²) < 4.78 is 0. The molecule has 0 fully saturated rings. The number of pyridine rings is 1. The Hall–Kier alpha value is -1.91. The molecule has 0 aliphatic carbocycles. The molecule has 0 aliphatic heterocycles. The lowest BCUT2D eigenvalue weighted by atomic mass is 10.0. The van der Waals surface area contributed by atoms with Gasteiger partial charge in [0.05, 0.1) is 6.54 Å². The molecule has 17 heavy (non-hydrogen) atoms. The van der Waals surface area contributed by atoms with Crippen molar-refractivity contribution in [2.75, 3.05) is 6.54 Å². The van der Waals surface area contributed by atoms with Gasteiger partial charge in [-0.3, -0.25) is 14.7 Å². The van der Waals surface area contributed by atoms with Crippen molar-refractivity contribution in [3.05, 3.63) is 30.1 Å². The van der Waals surface area contributed by atoms with E-state index in [1.807, 2.05) is 0 Å². The van der Waals surface area contributed by atoms with Crippen LogP contribution in [-0.4, -0.2) is 39.0 Å². The fourth-order valence-electron chi connectivity index (χ4n) is 1.36. The van der Waals surface area contributed by atoms with Crippen LogP contribution < -0.4 is 0 Å². The van der Waals surface area contributed by atoms with Gasteiger partial charge in [0.1, 0.15) is 0 Å². The minimum absolute atomic E-state index is 0.150. The summed E-state index contributed by atoms with van der Waals surface area (Å²) in [5.41, 5.74) is -0.135. The van der Waals surface area contributed by atoms with E-state index in [4.69, 9.17) is 5.11 Å². The Balaban J connectivity index is 2.83. The third-order valence-corrected chi connectivity index (χ3v) is 2.34. The predicted octanol–water partition coefficient (Wildman–Crippen LogP) is 2.04. The third kappa shape index (κ3) is 3.55. The fourth-order valence-corrected chi connectivity index (χ4v) is 1.36. The van der Waals surface area contributed by atoms with Crippen LogP contribution in [0.5, 0.6) is 0 Å². The van der Waals surface area contributed by atoms with Gasteiger partial charge in [-0.25, -0.2) is 4.79 Å². The minimum atomic E-state index is -1.10. The molecule has 0 radical (unpaired) electrons. The summed E-state index contributed by atoms with van der Waals surface area (Å²) in [5, 5.41) is 9.07. The molecule has 0 atom stereocenters. The largest absolute Gasteiger partial charge is 0.465 e. The number of hydrogen-bond donors (Lipinski definition) is 1. The van der Waals surface area contributed by atoms with E-state index in [1.54, 1.807) is 32.9 Å². The minimum Gasteiger partial charge on any atom is -0.465 e. The second kappa shape index (κ2) is 4.95. The molecule has 5 nitrogen and oxygen atoms in total. The van der Waals surface area contributed by atoms with E-state index in [0.29, 0.717) is 5.56 Å². The van der Waals surface area contributed by atoms with Crippen molar-refractivity contribution in [2.45, 2.75) is 26.3 Å². The molecule has 0 aromatic carbocycles. The second-order valence-electron chi connectivity index (χ2n) is 4.70. The van der Waals surface area contributed by atoms with E-state index in [9.17, 15) is 9.59 Å². The molecule has 1 N–H and O–H groups in total. The quantitative estimate of drug-likeness (QED) is 0.815. The summed E-state index contributed by atoms with van der Waals surface area (Å²) in [7, 11) is 0. The Morgan fingerprint density at radius 3 is 2.24 bits per heavy atom. The summed E-state index contributed by atoms with van der Waals surface area (Å²) in [6, 6.07) is 3.15. The van der Waals surface area contributed by atoms with Crippen LogP contribution in [0.3, 0.4) is 0 Å². The molecule has 1 amide bonds. The maximum Gasteiger partial charge on any atom is 0.408 e. The van der Waals surface area contributed by atoms with Crippen molar-refractivity contribution < 1.29 is 14.7 Å². The van der Waals surface area contributed by atoms with Gasteiger partial charge in [0.2, 0.25) is 0 Å². The van der Waals surface area contributed by atoms with Gasteiger partial charge >= 0.3 is 6.09 Å². The highest BCUT2D eigenvalue weighted by atomic mass is 16.4. The van der Waals surface area contributed by atoms with E-state index in [-0.39, 0.29) is 12.3 Å². The molecule has 0 aliphatic rings. The van der Waals surface area contributed by atoms with E-state index >= 15 is 0 Å². The highest BCUT2D eigenvalue weighted by Gasteiger charge is 2.28. The standard InChI is InChI=1S/C12H16N2O3/c1-12(2,3)14(11(16)17)8-10(15)9-4-6-13-7-5-9/h4-7H,8H2,1-3H3,(H,16,17). The molecule has 0 saturated heterocycles. The number of nitrogens with zero attached hydrogens (tertiary/aromatic N) is 2. The maximum absolute atomic E-state index is 11.9. The van der Waals surface area contributed by atoms with Crippen LogP contribution >= 0.6 is 0 Å². The lowest BCUT2D eigenvalue weighted by Crippen LogP contribution is -2.47. The van der Waals surface area contributed by atoms with Crippen molar-refractivity contribution in [1.82, 2.24) is 9.88 Å². The number of Topliss-reactive ketones (excluding diaryl/α,β-unsaturated/α-hetero) is 1. The number of carbonyl (C=O) groups is 2. The summed E-state index contributed by atoms with van der Waals surface area (Å²) in [5.74, 6) is -0.232. The Morgan fingerprint density at radius 2 is 1.82 bits per heavy atom. The van der Waals surface area contributed by atoms with Crippen LogP contribution in [0, 0.1) is 0 Å². The lowest BCUT2D eigenvalue weighted by molar-refractivity contribution is 0.0766. The summed E-state index contributed by atoms with van der Waals surface area (Å²) >= 11 is 0. The van der Waals surface area contributed by atoms with Gasteiger partial charge in [-0.05, 0) is 32.9 Å². The second-order valence-corrected chi connectivity index (χ2v) is 4.70. The Kier molecular flexibility index (Phi) is 3.83. The van der Waals surface area contributed by atoms with Crippen LogP contribution in [0.25, 0.3) is 0 Å². The zero-order valence-corrected chi connectivity index (χ0v) is 10.2. The topological polar surface area (TPSA) is 70.5 Å². The normalized spacial score (nSPS) is 11.0. The first-order valence-electron chi connectivity index (χ1n) is 5.26. The van der Waals surface area contributed by atoms with E-state index in [0.717, 1.165) is 4.90 Å². The average molecular weight is 236 g/mol. The van der Waals surface area contributed by atoms with Crippen molar-refractivity contribution in [3.8, 4) is 0 Å². The van der Waals surface area contributed by atoms with Crippen LogP contribution in [0.4, 0.5) is 4.79 Å². The predicted molar refractivity (Wildman–Crippen MR) is 63.1 cm³/mol. The van der Waals surface area contributed by atoms with E-state index < -0.39 is 11.6 Å². The molecule has 0 unspecified atom stereocenters. The van der Waals surface area contributed by atoms with Crippen LogP contribution in [-0.2, 0) is 0 Å². The molecule has 1 heterocycles. The molecule has 0 saturated carbocycles. The molecular weight excluding hydrogens is 220 g/mol. The Bertz CT molecular complexity index is 410. The summed E-state index contributed by atoms with van der Waals surface area (Å²) in [6.45, 7) is 5.10. The summed E-state index contributed by atoms with van der Waals surface area (Å²) in [6.07, 6.45) is 1.92. The number of aromatic nitrogens is 1. The smallest absolute Gasteiger partial charge is 0.408 e. The Labute approximate surface area is 100 Å². The van der Waals surface area contributed by atoms with Crippen LogP contribution in [0.15, 0.2) is 24.5 Å². The van der Waals surface area contributed by atoms with Gasteiger partial charge in [-0.15, -0.1) is 0 Å². The molecule has 5 heteroatoms. The fraction of sp³-hybridized carbons (Fsp3) is 0.417. The number of carbonyl (C=O) groups excluding carboxylic acids is 1. The van der Waals surface area contributed by atoms with Crippen molar-refractivity contribution in [1.29, 1.82) is 0 Å². The van der Waals surface area contributed by atoms with Gasteiger partial charge in [0.25, 0.3) is 0 Å². The lowest BCUT2D eigenvalue weighted by Gasteiger charge is -2.32. The molecule has 1 aromatic heterocycles. The zero-order chi connectivity index (χ0) is 13.1. The van der Waals surface area contributed by atoms with Gasteiger partial charge in [0, 0.05) is 23.5 Å².